The molecule has 0 aromatic heterocycles. The Bertz CT molecular complexity index is 113. The molecule has 0 fully saturated rings. The molecular formula is C11H25N. The van der Waals surface area contributed by atoms with Crippen LogP contribution in [0.5, 0.6) is 0 Å². The molecule has 0 spiro atoms. The van der Waals surface area contributed by atoms with Crippen LogP contribution in [-0.4, -0.2) is 12.6 Å². The van der Waals surface area contributed by atoms with Crippen LogP contribution in [0.25, 0.3) is 0 Å². The molecule has 0 heterocycles. The highest BCUT2D eigenvalue weighted by Crippen LogP contribution is 2.18. The molecule has 12 heavy (non-hydrogen) atoms. The molecule has 0 aromatic carbocycles. The lowest BCUT2D eigenvalue weighted by Crippen LogP contribution is -2.39. The molecule has 74 valence electrons. The van der Waals surface area contributed by atoms with Crippen molar-refractivity contribution in [3.63, 3.8) is 0 Å². The van der Waals surface area contributed by atoms with Gasteiger partial charge in [-0.15, -0.1) is 0 Å². The summed E-state index contributed by atoms with van der Waals surface area (Å²) in [5, 5.41) is 3.57. The van der Waals surface area contributed by atoms with Crippen molar-refractivity contribution in [1.82, 2.24) is 5.32 Å². The first-order valence-electron chi connectivity index (χ1n) is 5.11. The molecule has 0 aliphatic carbocycles. The molecule has 2 unspecified atom stereocenters. The van der Waals surface area contributed by atoms with Crippen LogP contribution in [0, 0.1) is 11.3 Å². The van der Waals surface area contributed by atoms with E-state index in [1.807, 2.05) is 0 Å². The van der Waals surface area contributed by atoms with Gasteiger partial charge in [0, 0.05) is 6.04 Å². The lowest BCUT2D eigenvalue weighted by Gasteiger charge is -2.29. The third-order valence-corrected chi connectivity index (χ3v) is 2.77. The molecule has 0 rings (SSSR count). The molecule has 1 N–H and O–H groups in total. The average Bonchev–Trinajstić information content (AvgIpc) is 1.97. The maximum atomic E-state index is 3.57. The fourth-order valence-corrected chi connectivity index (χ4v) is 0.828. The smallest absolute Gasteiger partial charge is 0.00873 e. The zero-order valence-corrected chi connectivity index (χ0v) is 9.57. The van der Waals surface area contributed by atoms with Crippen LogP contribution < -0.4 is 5.32 Å². The van der Waals surface area contributed by atoms with Gasteiger partial charge in [-0.25, -0.2) is 0 Å². The van der Waals surface area contributed by atoms with Gasteiger partial charge in [-0.2, -0.15) is 0 Å². The molecule has 2 atom stereocenters. The molecule has 0 radical (unpaired) electrons. The summed E-state index contributed by atoms with van der Waals surface area (Å²) in [6.45, 7) is 14.8. The second kappa shape index (κ2) is 4.86. The largest absolute Gasteiger partial charge is 0.313 e. The molecular weight excluding hydrogens is 146 g/mol. The molecule has 0 bridgehead atoms. The van der Waals surface area contributed by atoms with Crippen LogP contribution in [-0.2, 0) is 0 Å². The summed E-state index contributed by atoms with van der Waals surface area (Å²) in [5.41, 5.74) is 0.382. The second-order valence-corrected chi connectivity index (χ2v) is 5.01. The van der Waals surface area contributed by atoms with Crippen molar-refractivity contribution >= 4 is 0 Å². The van der Waals surface area contributed by atoms with Gasteiger partial charge in [-0.05, 0) is 24.8 Å². The van der Waals surface area contributed by atoms with Gasteiger partial charge in [0.25, 0.3) is 0 Å². The molecule has 0 aliphatic rings. The zero-order valence-electron chi connectivity index (χ0n) is 9.57. The van der Waals surface area contributed by atoms with E-state index in [2.05, 4.69) is 46.9 Å². The fourth-order valence-electron chi connectivity index (χ4n) is 0.828. The van der Waals surface area contributed by atoms with Crippen LogP contribution in [0.2, 0.25) is 0 Å². The van der Waals surface area contributed by atoms with Gasteiger partial charge >= 0.3 is 0 Å². The number of nitrogens with one attached hydrogen (secondary N) is 1. The van der Waals surface area contributed by atoms with Crippen LogP contribution in [0.1, 0.15) is 48.0 Å². The fraction of sp³-hybridized carbons (Fsp3) is 1.00. The first-order chi connectivity index (χ1) is 5.38. The highest BCUT2D eigenvalue weighted by molar-refractivity contribution is 4.76. The van der Waals surface area contributed by atoms with Gasteiger partial charge in [0.1, 0.15) is 0 Å². The van der Waals surface area contributed by atoms with Crippen molar-refractivity contribution < 1.29 is 0 Å². The van der Waals surface area contributed by atoms with Crippen molar-refractivity contribution in [3.05, 3.63) is 0 Å². The highest BCUT2D eigenvalue weighted by Gasteiger charge is 2.19. The van der Waals surface area contributed by atoms with Crippen molar-refractivity contribution in [1.29, 1.82) is 0 Å². The lowest BCUT2D eigenvalue weighted by atomic mass is 9.88. The quantitative estimate of drug-likeness (QED) is 0.685. The molecule has 0 saturated carbocycles. The highest BCUT2D eigenvalue weighted by atomic mass is 14.9. The summed E-state index contributed by atoms with van der Waals surface area (Å²) in [6, 6.07) is 0.603. The van der Waals surface area contributed by atoms with Crippen LogP contribution >= 0.6 is 0 Å². The van der Waals surface area contributed by atoms with Gasteiger partial charge in [0.2, 0.25) is 0 Å². The van der Waals surface area contributed by atoms with Gasteiger partial charge in [0.05, 0.1) is 0 Å². The van der Waals surface area contributed by atoms with Crippen molar-refractivity contribution in [2.75, 3.05) is 6.54 Å². The third kappa shape index (κ3) is 4.76. The van der Waals surface area contributed by atoms with Gasteiger partial charge in [-0.3, -0.25) is 0 Å². The van der Waals surface area contributed by atoms with E-state index in [9.17, 15) is 0 Å². The maximum absolute atomic E-state index is 3.57. The molecule has 0 aromatic rings. The Morgan fingerprint density at radius 1 is 1.17 bits per heavy atom. The van der Waals surface area contributed by atoms with Gasteiger partial charge in [-0.1, -0.05) is 41.0 Å². The van der Waals surface area contributed by atoms with E-state index in [0.29, 0.717) is 11.5 Å². The van der Waals surface area contributed by atoms with E-state index in [1.165, 1.54) is 6.42 Å². The summed E-state index contributed by atoms with van der Waals surface area (Å²) in [5.74, 6) is 0.801. The normalized spacial score (nSPS) is 17.5. The van der Waals surface area contributed by atoms with Gasteiger partial charge in [0.15, 0.2) is 0 Å². The molecule has 0 saturated heterocycles. The van der Waals surface area contributed by atoms with E-state index < -0.39 is 0 Å². The summed E-state index contributed by atoms with van der Waals surface area (Å²) in [4.78, 5) is 0. The number of hydrogen-bond acceptors (Lipinski definition) is 1. The summed E-state index contributed by atoms with van der Waals surface area (Å²) in [7, 11) is 0. The SMILES string of the molecule is CCC(C)CNC(C)C(C)(C)C. The Morgan fingerprint density at radius 3 is 2.00 bits per heavy atom. The van der Waals surface area contributed by atoms with Crippen LogP contribution in [0.15, 0.2) is 0 Å². The summed E-state index contributed by atoms with van der Waals surface area (Å²) in [6.07, 6.45) is 1.27. The summed E-state index contributed by atoms with van der Waals surface area (Å²) < 4.78 is 0. The van der Waals surface area contributed by atoms with E-state index >= 15 is 0 Å². The first-order valence-corrected chi connectivity index (χ1v) is 5.11. The predicted octanol–water partition coefficient (Wildman–Crippen LogP) is 3.06. The van der Waals surface area contributed by atoms with Crippen molar-refractivity contribution in [2.24, 2.45) is 11.3 Å². The van der Waals surface area contributed by atoms with E-state index in [0.717, 1.165) is 12.5 Å². The lowest BCUT2D eigenvalue weighted by molar-refractivity contribution is 0.274. The Balaban J connectivity index is 3.64. The minimum atomic E-state index is 0.382. The average molecular weight is 171 g/mol. The number of rotatable bonds is 4. The Hall–Kier alpha value is -0.0400. The van der Waals surface area contributed by atoms with E-state index in [4.69, 9.17) is 0 Å². The summed E-state index contributed by atoms with van der Waals surface area (Å²) >= 11 is 0. The van der Waals surface area contributed by atoms with Gasteiger partial charge < -0.3 is 5.32 Å². The Labute approximate surface area is 77.9 Å². The Morgan fingerprint density at radius 2 is 1.67 bits per heavy atom. The molecule has 1 nitrogen and oxygen atoms in total. The molecule has 0 aliphatic heterocycles. The van der Waals surface area contributed by atoms with E-state index in [1.54, 1.807) is 0 Å². The minimum Gasteiger partial charge on any atom is -0.313 e. The molecule has 0 amide bonds. The first kappa shape index (κ1) is 12.0. The minimum absolute atomic E-state index is 0.382. The number of hydrogen-bond donors (Lipinski definition) is 1. The topological polar surface area (TPSA) is 12.0 Å². The predicted molar refractivity (Wildman–Crippen MR) is 56.4 cm³/mol. The standard InChI is InChI=1S/C11H25N/c1-7-9(2)8-12-10(3)11(4,5)6/h9-10,12H,7-8H2,1-6H3. The van der Waals surface area contributed by atoms with Crippen LogP contribution in [0.4, 0.5) is 0 Å². The zero-order chi connectivity index (χ0) is 9.78. The maximum Gasteiger partial charge on any atom is 0.00873 e. The Kier molecular flexibility index (Phi) is 4.84. The van der Waals surface area contributed by atoms with Crippen molar-refractivity contribution in [3.8, 4) is 0 Å². The van der Waals surface area contributed by atoms with E-state index in [-0.39, 0.29) is 0 Å². The molecule has 1 heteroatoms. The third-order valence-electron chi connectivity index (χ3n) is 2.77. The van der Waals surface area contributed by atoms with Crippen LogP contribution in [0.3, 0.4) is 0 Å². The monoisotopic (exact) mass is 171 g/mol. The second-order valence-electron chi connectivity index (χ2n) is 5.01. The van der Waals surface area contributed by atoms with Crippen molar-refractivity contribution in [2.45, 2.75) is 54.0 Å².